The van der Waals surface area contributed by atoms with Crippen molar-refractivity contribution in [2.45, 2.75) is 10.6 Å². The van der Waals surface area contributed by atoms with Crippen molar-refractivity contribution in [3.8, 4) is 0 Å². The Kier molecular flexibility index (Phi) is 3.70. The van der Waals surface area contributed by atoms with Gasteiger partial charge in [-0.1, -0.05) is 0 Å². The van der Waals surface area contributed by atoms with Crippen LogP contribution in [0.4, 0.5) is 0 Å². The molecule has 1 aliphatic heterocycles. The molecule has 4 nitrogen and oxygen atoms in total. The van der Waals surface area contributed by atoms with Gasteiger partial charge in [0.15, 0.2) is 0 Å². The van der Waals surface area contributed by atoms with Gasteiger partial charge in [0.2, 0.25) is 0 Å². The van der Waals surface area contributed by atoms with E-state index in [4.69, 9.17) is 5.11 Å². The minimum atomic E-state index is -3.38. The van der Waals surface area contributed by atoms with Crippen LogP contribution in [0.1, 0.15) is 6.42 Å². The van der Waals surface area contributed by atoms with Gasteiger partial charge in [0.1, 0.15) is 4.21 Å². The van der Waals surface area contributed by atoms with Gasteiger partial charge in [-0.3, -0.25) is 0 Å². The molecule has 1 aromatic heterocycles. The van der Waals surface area contributed by atoms with E-state index in [1.807, 2.05) is 0 Å². The topological polar surface area (TPSA) is 57.6 Å². The lowest BCUT2D eigenvalue weighted by Crippen LogP contribution is -2.28. The van der Waals surface area contributed by atoms with Gasteiger partial charge >= 0.3 is 0 Å². The van der Waals surface area contributed by atoms with E-state index in [-0.39, 0.29) is 12.5 Å². The average Bonchev–Trinajstić information content (AvgIpc) is 2.85. The smallest absolute Gasteiger partial charge is 0.253 e. The number of hydrogen-bond donors (Lipinski definition) is 1. The lowest BCUT2D eigenvalue weighted by Gasteiger charge is -2.15. The monoisotopic (exact) mass is 325 g/mol. The van der Waals surface area contributed by atoms with Crippen molar-refractivity contribution in [1.29, 1.82) is 0 Å². The minimum absolute atomic E-state index is 0.0532. The van der Waals surface area contributed by atoms with E-state index in [9.17, 15) is 8.42 Å². The van der Waals surface area contributed by atoms with Gasteiger partial charge in [0.25, 0.3) is 10.0 Å². The van der Waals surface area contributed by atoms with Crippen molar-refractivity contribution in [2.24, 2.45) is 5.92 Å². The largest absolute Gasteiger partial charge is 0.396 e. The average molecular weight is 326 g/mol. The number of aliphatic hydroxyl groups is 1. The number of rotatable bonds is 3. The molecule has 90 valence electrons. The third-order valence-corrected chi connectivity index (χ3v) is 7.18. The molecule has 1 N–H and O–H groups in total. The van der Waals surface area contributed by atoms with Crippen molar-refractivity contribution in [1.82, 2.24) is 4.31 Å². The van der Waals surface area contributed by atoms with Gasteiger partial charge in [-0.05, 0) is 39.7 Å². The number of nitrogens with zero attached hydrogens (tertiary/aromatic N) is 1. The van der Waals surface area contributed by atoms with Crippen LogP contribution in [-0.4, -0.2) is 37.5 Å². The summed E-state index contributed by atoms with van der Waals surface area (Å²) in [7, 11) is -3.38. The zero-order valence-electron chi connectivity index (χ0n) is 8.47. The molecule has 0 aliphatic carbocycles. The predicted octanol–water partition coefficient (Wildman–Crippen LogP) is 1.51. The zero-order valence-corrected chi connectivity index (χ0v) is 11.7. The van der Waals surface area contributed by atoms with Crippen LogP contribution < -0.4 is 0 Å². The van der Waals surface area contributed by atoms with E-state index >= 15 is 0 Å². The molecule has 1 saturated heterocycles. The standard InChI is InChI=1S/C9H12BrNO3S2/c10-8-2-4-15-9(8)16(13,14)11-3-1-7(5-11)6-12/h2,4,7,12H,1,3,5-6H2. The summed E-state index contributed by atoms with van der Waals surface area (Å²) in [5.74, 6) is 0.0773. The normalized spacial score (nSPS) is 22.8. The fourth-order valence-electron chi connectivity index (χ4n) is 1.75. The number of aliphatic hydroxyl groups excluding tert-OH is 1. The Bertz CT molecular complexity index is 471. The summed E-state index contributed by atoms with van der Waals surface area (Å²) in [6, 6.07) is 1.73. The first kappa shape index (κ1) is 12.5. The molecule has 0 radical (unpaired) electrons. The van der Waals surface area contributed by atoms with Crippen LogP contribution >= 0.6 is 27.3 Å². The van der Waals surface area contributed by atoms with E-state index in [0.717, 1.165) is 6.42 Å². The second-order valence-corrected chi connectivity index (χ2v) is 7.66. The molecule has 0 bridgehead atoms. The summed E-state index contributed by atoms with van der Waals surface area (Å²) in [5, 5.41) is 10.8. The fraction of sp³-hybridized carbons (Fsp3) is 0.556. The first-order valence-electron chi connectivity index (χ1n) is 4.89. The van der Waals surface area contributed by atoms with Crippen molar-refractivity contribution >= 4 is 37.3 Å². The predicted molar refractivity (Wildman–Crippen MR) is 66.0 cm³/mol. The second kappa shape index (κ2) is 4.73. The van der Waals surface area contributed by atoms with Gasteiger partial charge in [-0.15, -0.1) is 11.3 Å². The third kappa shape index (κ3) is 2.19. The van der Waals surface area contributed by atoms with Crippen molar-refractivity contribution < 1.29 is 13.5 Å². The molecule has 1 aliphatic rings. The molecule has 0 amide bonds. The first-order chi connectivity index (χ1) is 7.55. The Morgan fingerprint density at radius 2 is 2.38 bits per heavy atom. The summed E-state index contributed by atoms with van der Waals surface area (Å²) >= 11 is 4.45. The summed E-state index contributed by atoms with van der Waals surface area (Å²) in [6.45, 7) is 0.971. The Morgan fingerprint density at radius 3 is 2.88 bits per heavy atom. The van der Waals surface area contributed by atoms with E-state index < -0.39 is 10.0 Å². The zero-order chi connectivity index (χ0) is 11.8. The van der Waals surface area contributed by atoms with Crippen LogP contribution in [0.25, 0.3) is 0 Å². The third-order valence-electron chi connectivity index (χ3n) is 2.67. The maximum absolute atomic E-state index is 12.2. The summed E-state index contributed by atoms with van der Waals surface area (Å²) in [5.41, 5.74) is 0. The Hall–Kier alpha value is 0.0500. The number of halogens is 1. The highest BCUT2D eigenvalue weighted by atomic mass is 79.9. The molecule has 0 aromatic carbocycles. The van der Waals surface area contributed by atoms with Crippen molar-refractivity contribution in [2.75, 3.05) is 19.7 Å². The number of thiophene rings is 1. The maximum Gasteiger partial charge on any atom is 0.253 e. The Morgan fingerprint density at radius 1 is 1.62 bits per heavy atom. The van der Waals surface area contributed by atoms with Crippen LogP contribution in [0.2, 0.25) is 0 Å². The van der Waals surface area contributed by atoms with Crippen molar-refractivity contribution in [3.05, 3.63) is 15.9 Å². The quantitative estimate of drug-likeness (QED) is 0.916. The van der Waals surface area contributed by atoms with E-state index in [2.05, 4.69) is 15.9 Å². The molecular formula is C9H12BrNO3S2. The molecule has 16 heavy (non-hydrogen) atoms. The van der Waals surface area contributed by atoms with Gasteiger partial charge < -0.3 is 5.11 Å². The lowest BCUT2D eigenvalue weighted by molar-refractivity contribution is 0.233. The molecule has 7 heteroatoms. The highest BCUT2D eigenvalue weighted by Crippen LogP contribution is 2.32. The highest BCUT2D eigenvalue weighted by molar-refractivity contribution is 9.10. The summed E-state index contributed by atoms with van der Waals surface area (Å²) < 4.78 is 26.8. The van der Waals surface area contributed by atoms with Crippen LogP contribution in [0.15, 0.2) is 20.1 Å². The summed E-state index contributed by atoms with van der Waals surface area (Å²) in [4.78, 5) is 0. The number of sulfonamides is 1. The molecule has 1 atom stereocenters. The molecule has 2 rings (SSSR count). The van der Waals surface area contributed by atoms with E-state index in [0.29, 0.717) is 21.8 Å². The van der Waals surface area contributed by atoms with Crippen LogP contribution in [0, 0.1) is 5.92 Å². The molecule has 0 spiro atoms. The molecular weight excluding hydrogens is 314 g/mol. The van der Waals surface area contributed by atoms with E-state index in [1.54, 1.807) is 11.4 Å². The Balaban J connectivity index is 2.25. The highest BCUT2D eigenvalue weighted by Gasteiger charge is 2.33. The minimum Gasteiger partial charge on any atom is -0.396 e. The molecule has 1 aromatic rings. The van der Waals surface area contributed by atoms with Crippen LogP contribution in [0.3, 0.4) is 0 Å². The van der Waals surface area contributed by atoms with Gasteiger partial charge in [0.05, 0.1) is 0 Å². The fourth-order valence-corrected chi connectivity index (χ4v) is 5.73. The van der Waals surface area contributed by atoms with Gasteiger partial charge in [0, 0.05) is 24.2 Å². The first-order valence-corrected chi connectivity index (χ1v) is 8.01. The van der Waals surface area contributed by atoms with Crippen LogP contribution in [-0.2, 0) is 10.0 Å². The maximum atomic E-state index is 12.2. The van der Waals surface area contributed by atoms with Crippen molar-refractivity contribution in [3.63, 3.8) is 0 Å². The molecule has 1 unspecified atom stereocenters. The van der Waals surface area contributed by atoms with Crippen LogP contribution in [0.5, 0.6) is 0 Å². The Labute approximate surface area is 107 Å². The molecule has 1 fully saturated rings. The van der Waals surface area contributed by atoms with E-state index in [1.165, 1.54) is 15.6 Å². The molecule has 0 saturated carbocycles. The van der Waals surface area contributed by atoms with Gasteiger partial charge in [-0.25, -0.2) is 8.42 Å². The number of hydrogen-bond acceptors (Lipinski definition) is 4. The lowest BCUT2D eigenvalue weighted by atomic mass is 10.1. The van der Waals surface area contributed by atoms with Gasteiger partial charge in [-0.2, -0.15) is 4.31 Å². The summed E-state index contributed by atoms with van der Waals surface area (Å²) in [6.07, 6.45) is 0.735. The SMILES string of the molecule is O=S(=O)(c1sccc1Br)N1CCC(CO)C1. The molecule has 2 heterocycles. The second-order valence-electron chi connectivity index (χ2n) is 3.76.